The third kappa shape index (κ3) is 2.30. The number of carbonyl (C=O) groups excluding carboxylic acids is 2. The smallest absolute Gasteiger partial charge is 0.261 e. The number of hydrogen-bond donors (Lipinski definition) is 0. The third-order valence-corrected chi connectivity index (χ3v) is 4.85. The van der Waals surface area contributed by atoms with Gasteiger partial charge in [-0.05, 0) is 30.4 Å². The van der Waals surface area contributed by atoms with Crippen LogP contribution in [0, 0.1) is 0 Å². The Hall–Kier alpha value is -3.40. The molecule has 128 valence electrons. The highest BCUT2D eigenvalue weighted by atomic mass is 16.2. The second-order valence-corrected chi connectivity index (χ2v) is 6.30. The van der Waals surface area contributed by atoms with Gasteiger partial charge in [0.25, 0.3) is 5.91 Å². The summed E-state index contributed by atoms with van der Waals surface area (Å²) >= 11 is 0. The molecule has 3 aromatic rings. The number of carbonyl (C=O) groups is 2. The van der Waals surface area contributed by atoms with Gasteiger partial charge in [-0.25, -0.2) is 0 Å². The Morgan fingerprint density at radius 2 is 1.58 bits per heavy atom. The van der Waals surface area contributed by atoms with Gasteiger partial charge in [-0.2, -0.15) is 0 Å². The first-order chi connectivity index (χ1) is 12.6. The summed E-state index contributed by atoms with van der Waals surface area (Å²) in [7, 11) is 1.76. The maximum Gasteiger partial charge on any atom is 0.261 e. The van der Waals surface area contributed by atoms with E-state index in [1.165, 1.54) is 6.08 Å². The minimum absolute atomic E-state index is 0.0907. The molecule has 0 N–H and O–H groups in total. The zero-order valence-corrected chi connectivity index (χ0v) is 14.4. The summed E-state index contributed by atoms with van der Waals surface area (Å²) < 4.78 is 1.85. The summed E-state index contributed by atoms with van der Waals surface area (Å²) in [6.45, 7) is 0. The predicted molar refractivity (Wildman–Crippen MR) is 101 cm³/mol. The molecule has 26 heavy (non-hydrogen) atoms. The highest BCUT2D eigenvalue weighted by molar-refractivity contribution is 6.11. The molecule has 0 saturated carbocycles. The quantitative estimate of drug-likeness (QED) is 0.536. The molecule has 1 aliphatic rings. The summed E-state index contributed by atoms with van der Waals surface area (Å²) in [5.41, 5.74) is 1.25. The standard InChI is InChI=1S/C22H18N2O2/c1-23-19-12-6-5-11-18(19)22(21(23)26,24-15-7-8-16-24)14-13-20(25)17-9-3-2-4-10-17/h2-16H,1H3/b14-13+/t22-/m1/s1. The van der Waals surface area contributed by atoms with Crippen molar-refractivity contribution in [3.8, 4) is 0 Å². The Kier molecular flexibility index (Phi) is 3.81. The van der Waals surface area contributed by atoms with Crippen LogP contribution >= 0.6 is 0 Å². The number of allylic oxidation sites excluding steroid dienone is 1. The van der Waals surface area contributed by atoms with E-state index in [2.05, 4.69) is 0 Å². The number of likely N-dealkylation sites (N-methyl/N-ethyl adjacent to an activating group) is 1. The Morgan fingerprint density at radius 3 is 2.31 bits per heavy atom. The van der Waals surface area contributed by atoms with Crippen LogP contribution in [0.5, 0.6) is 0 Å². The van der Waals surface area contributed by atoms with E-state index in [4.69, 9.17) is 0 Å². The summed E-state index contributed by atoms with van der Waals surface area (Å²) in [5.74, 6) is -0.219. The maximum atomic E-state index is 13.3. The molecule has 2 aromatic carbocycles. The van der Waals surface area contributed by atoms with Crippen molar-refractivity contribution in [3.63, 3.8) is 0 Å². The molecule has 0 spiro atoms. The molecular weight excluding hydrogens is 324 g/mol. The van der Waals surface area contributed by atoms with Crippen molar-refractivity contribution in [2.75, 3.05) is 11.9 Å². The predicted octanol–water partition coefficient (Wildman–Crippen LogP) is 3.65. The molecule has 1 aliphatic heterocycles. The number of aromatic nitrogens is 1. The second-order valence-electron chi connectivity index (χ2n) is 6.30. The molecular formula is C22H18N2O2. The third-order valence-electron chi connectivity index (χ3n) is 4.85. The Labute approximate surface area is 152 Å². The normalized spacial score (nSPS) is 19.1. The molecule has 0 fully saturated rings. The highest BCUT2D eigenvalue weighted by Gasteiger charge is 2.49. The zero-order valence-electron chi connectivity index (χ0n) is 14.4. The number of amides is 1. The van der Waals surface area contributed by atoms with E-state index in [1.54, 1.807) is 30.2 Å². The molecule has 4 heteroatoms. The molecule has 1 atom stereocenters. The van der Waals surface area contributed by atoms with Crippen molar-refractivity contribution in [2.45, 2.75) is 5.54 Å². The minimum Gasteiger partial charge on any atom is -0.332 e. The lowest BCUT2D eigenvalue weighted by atomic mass is 9.89. The largest absolute Gasteiger partial charge is 0.332 e. The van der Waals surface area contributed by atoms with Crippen LogP contribution in [0.1, 0.15) is 15.9 Å². The van der Waals surface area contributed by atoms with Gasteiger partial charge in [0.05, 0.1) is 0 Å². The number of ketones is 1. The summed E-state index contributed by atoms with van der Waals surface area (Å²) in [6, 6.07) is 20.5. The van der Waals surface area contributed by atoms with Crippen LogP contribution in [0.2, 0.25) is 0 Å². The van der Waals surface area contributed by atoms with Gasteiger partial charge < -0.3 is 9.47 Å². The summed E-state index contributed by atoms with van der Waals surface area (Å²) in [4.78, 5) is 27.5. The lowest BCUT2D eigenvalue weighted by Crippen LogP contribution is -2.42. The van der Waals surface area contributed by atoms with Crippen molar-refractivity contribution < 1.29 is 9.59 Å². The minimum atomic E-state index is -1.06. The Bertz CT molecular complexity index is 990. The molecule has 4 rings (SSSR count). The second kappa shape index (κ2) is 6.15. The zero-order chi connectivity index (χ0) is 18.1. The van der Waals surface area contributed by atoms with Gasteiger partial charge in [-0.15, -0.1) is 0 Å². The van der Waals surface area contributed by atoms with Gasteiger partial charge in [0.15, 0.2) is 11.3 Å². The molecule has 1 amide bonds. The Morgan fingerprint density at radius 1 is 0.923 bits per heavy atom. The number of nitrogens with zero attached hydrogens (tertiary/aromatic N) is 2. The van der Waals surface area contributed by atoms with Crippen LogP contribution in [-0.4, -0.2) is 23.3 Å². The topological polar surface area (TPSA) is 42.3 Å². The average molecular weight is 342 g/mol. The highest BCUT2D eigenvalue weighted by Crippen LogP contribution is 2.43. The van der Waals surface area contributed by atoms with Crippen LogP contribution in [0.25, 0.3) is 0 Å². The lowest BCUT2D eigenvalue weighted by Gasteiger charge is -2.27. The van der Waals surface area contributed by atoms with Crippen molar-refractivity contribution >= 4 is 17.4 Å². The van der Waals surface area contributed by atoms with Gasteiger partial charge >= 0.3 is 0 Å². The molecule has 0 bridgehead atoms. The number of rotatable bonds is 4. The van der Waals surface area contributed by atoms with Crippen molar-refractivity contribution in [1.82, 2.24) is 4.57 Å². The van der Waals surface area contributed by atoms with E-state index in [9.17, 15) is 9.59 Å². The van der Waals surface area contributed by atoms with E-state index in [-0.39, 0.29) is 11.7 Å². The van der Waals surface area contributed by atoms with Crippen molar-refractivity contribution in [2.24, 2.45) is 0 Å². The maximum absolute atomic E-state index is 13.3. The lowest BCUT2D eigenvalue weighted by molar-refractivity contribution is -0.122. The number of benzene rings is 2. The summed E-state index contributed by atoms with van der Waals surface area (Å²) in [5, 5.41) is 0. The number of anilines is 1. The molecule has 0 aliphatic carbocycles. The summed E-state index contributed by atoms with van der Waals surface area (Å²) in [6.07, 6.45) is 6.92. The number of fused-ring (bicyclic) bond motifs is 1. The van der Waals surface area contributed by atoms with Crippen molar-refractivity contribution in [3.05, 3.63) is 102 Å². The van der Waals surface area contributed by atoms with E-state index >= 15 is 0 Å². The van der Waals surface area contributed by atoms with Gasteiger partial charge in [-0.1, -0.05) is 48.5 Å². The molecule has 1 aromatic heterocycles. The van der Waals surface area contributed by atoms with Crippen molar-refractivity contribution in [1.29, 1.82) is 0 Å². The van der Waals surface area contributed by atoms with E-state index in [0.29, 0.717) is 5.56 Å². The van der Waals surface area contributed by atoms with E-state index < -0.39 is 5.54 Å². The monoisotopic (exact) mass is 342 g/mol. The molecule has 4 nitrogen and oxygen atoms in total. The van der Waals surface area contributed by atoms with Crippen LogP contribution < -0.4 is 4.90 Å². The number of hydrogen-bond acceptors (Lipinski definition) is 2. The SMILES string of the molecule is CN1C(=O)[C@](/C=C/C(=O)c2ccccc2)(n2cccc2)c2ccccc21. The first-order valence-corrected chi connectivity index (χ1v) is 8.44. The van der Waals surface area contributed by atoms with Crippen LogP contribution in [0.3, 0.4) is 0 Å². The van der Waals surface area contributed by atoms with E-state index in [1.807, 2.05) is 71.6 Å². The fourth-order valence-electron chi connectivity index (χ4n) is 3.53. The number of para-hydroxylation sites is 1. The van der Waals surface area contributed by atoms with Crippen LogP contribution in [0.4, 0.5) is 5.69 Å². The fraction of sp³-hybridized carbons (Fsp3) is 0.0909. The first-order valence-electron chi connectivity index (χ1n) is 8.44. The Balaban J connectivity index is 1.86. The first kappa shape index (κ1) is 16.1. The van der Waals surface area contributed by atoms with E-state index in [0.717, 1.165) is 11.3 Å². The molecule has 0 saturated heterocycles. The average Bonchev–Trinajstić information content (AvgIpc) is 3.29. The van der Waals surface area contributed by atoms with Crippen LogP contribution in [-0.2, 0) is 10.3 Å². The van der Waals surface area contributed by atoms with Gasteiger partial charge in [0, 0.05) is 36.3 Å². The molecule has 2 heterocycles. The van der Waals surface area contributed by atoms with Gasteiger partial charge in [0.2, 0.25) is 0 Å². The molecule has 0 radical (unpaired) electrons. The van der Waals surface area contributed by atoms with Gasteiger partial charge in [-0.3, -0.25) is 9.59 Å². The van der Waals surface area contributed by atoms with Crippen LogP contribution in [0.15, 0.2) is 91.3 Å². The fourth-order valence-corrected chi connectivity index (χ4v) is 3.53. The molecule has 0 unspecified atom stereocenters. The van der Waals surface area contributed by atoms with Gasteiger partial charge in [0.1, 0.15) is 0 Å².